The van der Waals surface area contributed by atoms with Gasteiger partial charge in [0.15, 0.2) is 0 Å². The number of hydrogen-bond donors (Lipinski definition) is 0. The number of hydrogen-bond acceptors (Lipinski definition) is 0. The van der Waals surface area contributed by atoms with Gasteiger partial charge in [-0.1, -0.05) is 46.2 Å². The molecular weight excluding hydrogens is 299 g/mol. The molecule has 0 bridgehead atoms. The van der Waals surface area contributed by atoms with Crippen molar-refractivity contribution in [1.29, 1.82) is 0 Å². The van der Waals surface area contributed by atoms with Crippen LogP contribution in [0.3, 0.4) is 0 Å². The van der Waals surface area contributed by atoms with Gasteiger partial charge in [-0.3, -0.25) is 0 Å². The second-order valence-electron chi connectivity index (χ2n) is 7.58. The second-order valence-corrected chi connectivity index (χ2v) is 8.11. The van der Waals surface area contributed by atoms with Crippen molar-refractivity contribution >= 4 is 23.2 Å². The molecule has 21 heavy (non-hydrogen) atoms. The van der Waals surface area contributed by atoms with E-state index < -0.39 is 0 Å². The highest BCUT2D eigenvalue weighted by Gasteiger charge is 2.15. The average molecular weight is 329 g/mol. The molecule has 0 nitrogen and oxygen atoms in total. The molecular formula is C19H30Cl2. The molecule has 0 saturated heterocycles. The van der Waals surface area contributed by atoms with Gasteiger partial charge in [0.2, 0.25) is 0 Å². The van der Waals surface area contributed by atoms with Crippen molar-refractivity contribution in [2.75, 3.05) is 0 Å². The Morgan fingerprint density at radius 3 is 2.14 bits per heavy atom. The maximum absolute atomic E-state index is 6.10. The summed E-state index contributed by atoms with van der Waals surface area (Å²) in [5, 5.41) is 0. The Kier molecular flexibility index (Phi) is 7.57. The van der Waals surface area contributed by atoms with Crippen LogP contribution in [0.4, 0.5) is 0 Å². The molecule has 1 atom stereocenters. The Morgan fingerprint density at radius 1 is 1.00 bits per heavy atom. The molecule has 0 spiro atoms. The van der Waals surface area contributed by atoms with E-state index >= 15 is 0 Å². The molecule has 0 N–H and O–H groups in total. The molecule has 1 rings (SSSR count). The van der Waals surface area contributed by atoms with E-state index in [1.807, 2.05) is 0 Å². The molecule has 0 radical (unpaired) electrons. The monoisotopic (exact) mass is 328 g/mol. The van der Waals surface area contributed by atoms with Crippen LogP contribution in [0, 0.1) is 18.3 Å². The van der Waals surface area contributed by atoms with Crippen molar-refractivity contribution in [2.45, 2.75) is 72.1 Å². The van der Waals surface area contributed by atoms with Crippen LogP contribution in [-0.2, 0) is 18.2 Å². The molecule has 0 heterocycles. The molecule has 0 aliphatic carbocycles. The fourth-order valence-corrected chi connectivity index (χ4v) is 3.69. The Hall–Kier alpha value is -0.200. The predicted molar refractivity (Wildman–Crippen MR) is 96.5 cm³/mol. The molecule has 1 aromatic carbocycles. The molecule has 0 fully saturated rings. The number of halogens is 2. The van der Waals surface area contributed by atoms with E-state index in [9.17, 15) is 0 Å². The largest absolute Gasteiger partial charge is 0.122 e. The van der Waals surface area contributed by atoms with Gasteiger partial charge in [0.05, 0.1) is 0 Å². The van der Waals surface area contributed by atoms with Gasteiger partial charge in [0.25, 0.3) is 0 Å². The molecule has 1 aromatic rings. The lowest BCUT2D eigenvalue weighted by molar-refractivity contribution is 0.293. The van der Waals surface area contributed by atoms with Gasteiger partial charge >= 0.3 is 0 Å². The molecule has 2 heteroatoms. The van der Waals surface area contributed by atoms with Gasteiger partial charge in [-0.2, -0.15) is 0 Å². The van der Waals surface area contributed by atoms with Crippen LogP contribution in [0.1, 0.15) is 69.2 Å². The van der Waals surface area contributed by atoms with Crippen molar-refractivity contribution in [2.24, 2.45) is 11.3 Å². The molecule has 120 valence electrons. The van der Waals surface area contributed by atoms with E-state index in [-0.39, 0.29) is 0 Å². The Morgan fingerprint density at radius 2 is 1.62 bits per heavy atom. The van der Waals surface area contributed by atoms with Crippen molar-refractivity contribution < 1.29 is 0 Å². The fraction of sp³-hybridized carbons (Fsp3) is 0.684. The highest BCUT2D eigenvalue weighted by Crippen LogP contribution is 2.28. The molecule has 0 saturated carbocycles. The van der Waals surface area contributed by atoms with E-state index in [4.69, 9.17) is 23.2 Å². The summed E-state index contributed by atoms with van der Waals surface area (Å²) in [4.78, 5) is 0. The van der Waals surface area contributed by atoms with Crippen LogP contribution < -0.4 is 0 Å². The van der Waals surface area contributed by atoms with Crippen molar-refractivity contribution in [3.05, 3.63) is 34.4 Å². The summed E-state index contributed by atoms with van der Waals surface area (Å²) >= 11 is 12.1. The second kappa shape index (κ2) is 8.44. The molecule has 1 unspecified atom stereocenters. The average Bonchev–Trinajstić information content (AvgIpc) is 2.37. The van der Waals surface area contributed by atoms with Gasteiger partial charge in [-0.25, -0.2) is 0 Å². The number of aryl methyl sites for hydroxylation is 2. The highest BCUT2D eigenvalue weighted by atomic mass is 35.5. The summed E-state index contributed by atoms with van der Waals surface area (Å²) in [5.74, 6) is 1.96. The Labute approximate surface area is 141 Å². The lowest BCUT2D eigenvalue weighted by Gasteiger charge is -2.23. The lowest BCUT2D eigenvalue weighted by Crippen LogP contribution is -2.11. The number of rotatable bonds is 7. The van der Waals surface area contributed by atoms with Gasteiger partial charge in [0, 0.05) is 11.8 Å². The minimum atomic E-state index is 0.427. The van der Waals surface area contributed by atoms with Crippen LogP contribution >= 0.6 is 23.2 Å². The summed E-state index contributed by atoms with van der Waals surface area (Å²) in [6.07, 6.45) is 4.91. The standard InChI is InChI=1S/C19H30Cl2/c1-14(11-19(3,4)5)7-6-8-16-10-17(12-20)15(2)9-18(16)13-21/h9-10,14H,6-8,11-13H2,1-5H3. The first-order valence-electron chi connectivity index (χ1n) is 8.00. The van der Waals surface area contributed by atoms with Gasteiger partial charge in [-0.15, -0.1) is 23.2 Å². The zero-order valence-corrected chi connectivity index (χ0v) is 15.7. The Balaban J connectivity index is 2.62. The van der Waals surface area contributed by atoms with E-state index in [1.54, 1.807) is 0 Å². The third-order valence-corrected chi connectivity index (χ3v) is 4.63. The topological polar surface area (TPSA) is 0 Å². The Bertz CT molecular complexity index is 444. The smallest absolute Gasteiger partial charge is 0.0476 e. The van der Waals surface area contributed by atoms with Crippen LogP contribution in [0.15, 0.2) is 12.1 Å². The minimum Gasteiger partial charge on any atom is -0.122 e. The van der Waals surface area contributed by atoms with Crippen LogP contribution in [0.5, 0.6) is 0 Å². The van der Waals surface area contributed by atoms with E-state index in [0.717, 1.165) is 12.3 Å². The molecule has 0 amide bonds. The van der Waals surface area contributed by atoms with E-state index in [0.29, 0.717) is 17.2 Å². The predicted octanol–water partition coefficient (Wildman–Crippen LogP) is 6.87. The van der Waals surface area contributed by atoms with Gasteiger partial charge in [0.1, 0.15) is 0 Å². The third kappa shape index (κ3) is 6.61. The summed E-state index contributed by atoms with van der Waals surface area (Å²) in [6, 6.07) is 4.47. The highest BCUT2D eigenvalue weighted by molar-refractivity contribution is 6.17. The first kappa shape index (κ1) is 18.8. The first-order valence-corrected chi connectivity index (χ1v) is 9.07. The number of alkyl halides is 2. The maximum atomic E-state index is 6.10. The van der Waals surface area contributed by atoms with Crippen molar-refractivity contribution in [3.63, 3.8) is 0 Å². The van der Waals surface area contributed by atoms with Crippen LogP contribution in [0.2, 0.25) is 0 Å². The quantitative estimate of drug-likeness (QED) is 0.479. The lowest BCUT2D eigenvalue weighted by atomic mass is 9.83. The summed E-state index contributed by atoms with van der Waals surface area (Å²) in [5.41, 5.74) is 5.57. The van der Waals surface area contributed by atoms with E-state index in [2.05, 4.69) is 46.8 Å². The summed E-state index contributed by atoms with van der Waals surface area (Å²) in [6.45, 7) is 11.4. The maximum Gasteiger partial charge on any atom is 0.0476 e. The number of benzene rings is 1. The fourth-order valence-electron chi connectivity index (χ4n) is 3.15. The van der Waals surface area contributed by atoms with Crippen LogP contribution in [-0.4, -0.2) is 0 Å². The normalized spacial score (nSPS) is 13.5. The van der Waals surface area contributed by atoms with Crippen molar-refractivity contribution in [1.82, 2.24) is 0 Å². The molecule has 0 aliphatic rings. The summed E-state index contributed by atoms with van der Waals surface area (Å²) < 4.78 is 0. The molecule has 0 aliphatic heterocycles. The van der Waals surface area contributed by atoms with Crippen LogP contribution in [0.25, 0.3) is 0 Å². The molecule has 0 aromatic heterocycles. The zero-order valence-electron chi connectivity index (χ0n) is 14.2. The van der Waals surface area contributed by atoms with Crippen molar-refractivity contribution in [3.8, 4) is 0 Å². The van der Waals surface area contributed by atoms with E-state index in [1.165, 1.54) is 41.5 Å². The summed E-state index contributed by atoms with van der Waals surface area (Å²) in [7, 11) is 0. The minimum absolute atomic E-state index is 0.427. The SMILES string of the molecule is Cc1cc(CCl)c(CCCC(C)CC(C)(C)C)cc1CCl. The first-order chi connectivity index (χ1) is 9.76. The third-order valence-electron chi connectivity index (χ3n) is 4.05. The van der Waals surface area contributed by atoms with Gasteiger partial charge < -0.3 is 0 Å². The zero-order chi connectivity index (χ0) is 16.0. The van der Waals surface area contributed by atoms with Gasteiger partial charge in [-0.05, 0) is 59.8 Å².